The molecular weight excluding hydrogens is 440 g/mol. The van der Waals surface area contributed by atoms with Crippen LogP contribution in [-0.4, -0.2) is 41.8 Å². The highest BCUT2D eigenvalue weighted by atomic mass is 32.2. The van der Waals surface area contributed by atoms with Gasteiger partial charge in [-0.15, -0.1) is 11.8 Å². The van der Waals surface area contributed by atoms with Gasteiger partial charge < -0.3 is 10.6 Å². The molecule has 0 aliphatic carbocycles. The molecule has 1 fully saturated rings. The summed E-state index contributed by atoms with van der Waals surface area (Å²) in [6.07, 6.45) is 7.28. The molecule has 0 radical (unpaired) electrons. The lowest BCUT2D eigenvalue weighted by Gasteiger charge is -2.39. The number of carbonyl (C=O) groups is 1. The number of nitrogens with one attached hydrogen (secondary N) is 1. The van der Waals surface area contributed by atoms with Gasteiger partial charge in [0.1, 0.15) is 11.1 Å². The first kappa shape index (κ1) is 24.8. The second-order valence-corrected chi connectivity index (χ2v) is 11.1. The molecule has 1 saturated heterocycles. The molecule has 6 heteroatoms. The first-order chi connectivity index (χ1) is 16.3. The van der Waals surface area contributed by atoms with Crippen LogP contribution < -0.4 is 10.6 Å². The Morgan fingerprint density at radius 2 is 1.79 bits per heavy atom. The molecular formula is C28H38N4OS. The highest BCUT2D eigenvalue weighted by molar-refractivity contribution is 8.00. The molecule has 3 unspecified atom stereocenters. The van der Waals surface area contributed by atoms with E-state index in [1.54, 1.807) is 11.8 Å². The van der Waals surface area contributed by atoms with Crippen LogP contribution >= 0.6 is 11.8 Å². The number of benzene rings is 2. The van der Waals surface area contributed by atoms with Crippen molar-refractivity contribution in [1.29, 1.82) is 5.41 Å². The molecule has 5 nitrogen and oxygen atoms in total. The zero-order valence-electron chi connectivity index (χ0n) is 20.7. The van der Waals surface area contributed by atoms with E-state index in [0.29, 0.717) is 17.6 Å². The normalized spacial score (nSPS) is 23.1. The zero-order valence-corrected chi connectivity index (χ0v) is 21.5. The predicted octanol–water partition coefficient (Wildman–Crippen LogP) is 5.89. The van der Waals surface area contributed by atoms with Crippen molar-refractivity contribution in [3.63, 3.8) is 0 Å². The molecule has 0 aromatic heterocycles. The molecule has 2 heterocycles. The molecule has 3 atom stereocenters. The van der Waals surface area contributed by atoms with Crippen LogP contribution in [-0.2, 0) is 4.79 Å². The van der Waals surface area contributed by atoms with Crippen LogP contribution in [0.4, 0.5) is 5.69 Å². The number of likely N-dealkylation sites (tertiary alicyclic amines) is 1. The number of carbonyl (C=O) groups excluding carboxylic acids is 1. The third-order valence-corrected chi connectivity index (χ3v) is 8.62. The third-order valence-electron chi connectivity index (χ3n) is 7.31. The van der Waals surface area contributed by atoms with Crippen molar-refractivity contribution in [1.82, 2.24) is 4.90 Å². The number of hydrogen-bond donors (Lipinski definition) is 2. The van der Waals surface area contributed by atoms with Gasteiger partial charge >= 0.3 is 0 Å². The summed E-state index contributed by atoms with van der Waals surface area (Å²) in [6, 6.07) is 15.3. The fourth-order valence-corrected chi connectivity index (χ4v) is 6.54. The number of amidine groups is 1. The Morgan fingerprint density at radius 3 is 2.53 bits per heavy atom. The van der Waals surface area contributed by atoms with E-state index in [9.17, 15) is 4.79 Å². The van der Waals surface area contributed by atoms with E-state index in [2.05, 4.69) is 43.9 Å². The number of piperidine rings is 1. The quantitative estimate of drug-likeness (QED) is 0.282. The Bertz CT molecular complexity index is 1030. The highest BCUT2D eigenvalue weighted by Crippen LogP contribution is 2.47. The maximum Gasteiger partial charge on any atom is 0.245 e. The van der Waals surface area contributed by atoms with Crippen LogP contribution in [0.5, 0.6) is 0 Å². The van der Waals surface area contributed by atoms with Gasteiger partial charge in [0, 0.05) is 29.1 Å². The lowest BCUT2D eigenvalue weighted by atomic mass is 9.97. The summed E-state index contributed by atoms with van der Waals surface area (Å²) < 4.78 is 0. The standard InChI is InChI=1S/C28H38N4OS/c1-19-13-14-25-24(17-19)32(16-6-4-5-15-31-20(2)9-7-10-21(31)3)28(33)26(34-25)22-11-8-12-23(18-22)27(29)30/h8,11-14,17-18,20-21,26H,4-7,9-10,15-16H2,1-3H3,(H3,29,30). The molecule has 0 saturated carbocycles. The fraction of sp³-hybridized carbons (Fsp3) is 0.500. The third kappa shape index (κ3) is 5.49. The molecule has 182 valence electrons. The molecule has 1 amide bonds. The molecule has 2 aliphatic rings. The van der Waals surface area contributed by atoms with E-state index in [1.807, 2.05) is 29.2 Å². The summed E-state index contributed by atoms with van der Waals surface area (Å²) in [5, 5.41) is 7.46. The molecule has 2 aromatic rings. The van der Waals surface area contributed by atoms with E-state index in [-0.39, 0.29) is 17.0 Å². The summed E-state index contributed by atoms with van der Waals surface area (Å²) in [5.41, 5.74) is 9.48. The van der Waals surface area contributed by atoms with E-state index >= 15 is 0 Å². The van der Waals surface area contributed by atoms with Gasteiger partial charge in [-0.25, -0.2) is 0 Å². The Balaban J connectivity index is 1.45. The summed E-state index contributed by atoms with van der Waals surface area (Å²) in [6.45, 7) is 8.70. The van der Waals surface area contributed by atoms with Crippen LogP contribution in [0.1, 0.15) is 74.3 Å². The molecule has 0 spiro atoms. The van der Waals surface area contributed by atoms with Gasteiger partial charge in [-0.05, 0) is 82.3 Å². The van der Waals surface area contributed by atoms with Crippen LogP contribution in [0, 0.1) is 12.3 Å². The topological polar surface area (TPSA) is 73.4 Å². The number of nitrogens with zero attached hydrogens (tertiary/aromatic N) is 2. The van der Waals surface area contributed by atoms with Gasteiger partial charge in [0.15, 0.2) is 0 Å². The van der Waals surface area contributed by atoms with Gasteiger partial charge in [-0.2, -0.15) is 0 Å². The lowest BCUT2D eigenvalue weighted by Crippen LogP contribution is -2.44. The fourth-order valence-electron chi connectivity index (χ4n) is 5.34. The Kier molecular flexibility index (Phi) is 7.99. The number of rotatable bonds is 8. The number of hydrogen-bond acceptors (Lipinski definition) is 4. The SMILES string of the molecule is Cc1ccc2c(c1)N(CCCCCN1C(C)CCCC1C)C(=O)C(c1cccc(C(=N)N)c1)S2. The van der Waals surface area contributed by atoms with Gasteiger partial charge in [0.25, 0.3) is 0 Å². The van der Waals surface area contributed by atoms with Gasteiger partial charge in [0.2, 0.25) is 5.91 Å². The number of anilines is 1. The van der Waals surface area contributed by atoms with Gasteiger partial charge in [-0.1, -0.05) is 37.1 Å². The minimum absolute atomic E-state index is 0.0281. The van der Waals surface area contributed by atoms with E-state index in [4.69, 9.17) is 11.1 Å². The largest absolute Gasteiger partial charge is 0.384 e. The van der Waals surface area contributed by atoms with E-state index in [0.717, 1.165) is 42.1 Å². The Hall–Kier alpha value is -2.31. The highest BCUT2D eigenvalue weighted by Gasteiger charge is 2.34. The zero-order chi connectivity index (χ0) is 24.2. The lowest BCUT2D eigenvalue weighted by molar-refractivity contribution is -0.118. The Morgan fingerprint density at radius 1 is 1.06 bits per heavy atom. The molecule has 0 bridgehead atoms. The van der Waals surface area contributed by atoms with Gasteiger partial charge in [0.05, 0.1) is 5.69 Å². The van der Waals surface area contributed by atoms with Crippen molar-refractivity contribution in [2.24, 2.45) is 5.73 Å². The molecule has 34 heavy (non-hydrogen) atoms. The number of fused-ring (bicyclic) bond motifs is 1. The Labute approximate surface area is 208 Å². The monoisotopic (exact) mass is 478 g/mol. The van der Waals surface area contributed by atoms with Crippen molar-refractivity contribution < 1.29 is 4.79 Å². The number of nitrogens with two attached hydrogens (primary N) is 1. The molecule has 2 aliphatic heterocycles. The van der Waals surface area contributed by atoms with E-state index in [1.165, 1.54) is 31.2 Å². The molecule has 3 N–H and O–H groups in total. The second kappa shape index (κ2) is 11.0. The van der Waals surface area contributed by atoms with E-state index < -0.39 is 0 Å². The number of nitrogen functional groups attached to an aromatic ring is 1. The summed E-state index contributed by atoms with van der Waals surface area (Å²) in [4.78, 5) is 19.5. The molecule has 4 rings (SSSR count). The first-order valence-electron chi connectivity index (χ1n) is 12.6. The second-order valence-electron chi connectivity index (χ2n) is 9.93. The first-order valence-corrected chi connectivity index (χ1v) is 13.5. The maximum absolute atomic E-state index is 13.7. The minimum Gasteiger partial charge on any atom is -0.384 e. The minimum atomic E-state index is -0.315. The van der Waals surface area contributed by atoms with Crippen LogP contribution in [0.25, 0.3) is 0 Å². The number of unbranched alkanes of at least 4 members (excludes halogenated alkanes) is 2. The smallest absolute Gasteiger partial charge is 0.245 e. The van der Waals surface area contributed by atoms with Crippen LogP contribution in [0.15, 0.2) is 47.4 Å². The van der Waals surface area contributed by atoms with Crippen molar-refractivity contribution in [3.8, 4) is 0 Å². The summed E-state index contributed by atoms with van der Waals surface area (Å²) in [7, 11) is 0. The summed E-state index contributed by atoms with van der Waals surface area (Å²) in [5.74, 6) is 0.155. The number of amides is 1. The van der Waals surface area contributed by atoms with Crippen molar-refractivity contribution in [2.45, 2.75) is 81.5 Å². The maximum atomic E-state index is 13.7. The summed E-state index contributed by atoms with van der Waals surface area (Å²) >= 11 is 1.60. The van der Waals surface area contributed by atoms with Crippen molar-refractivity contribution in [3.05, 3.63) is 59.2 Å². The average Bonchev–Trinajstić information content (AvgIpc) is 2.81. The number of thioether (sulfide) groups is 1. The predicted molar refractivity (Wildman–Crippen MR) is 143 cm³/mol. The molecule has 2 aromatic carbocycles. The van der Waals surface area contributed by atoms with Crippen LogP contribution in [0.3, 0.4) is 0 Å². The number of aryl methyl sites for hydroxylation is 1. The van der Waals surface area contributed by atoms with Crippen molar-refractivity contribution in [2.75, 3.05) is 18.0 Å². The van der Waals surface area contributed by atoms with Crippen LogP contribution in [0.2, 0.25) is 0 Å². The van der Waals surface area contributed by atoms with Crippen molar-refractivity contribution >= 4 is 29.2 Å². The average molecular weight is 479 g/mol. The van der Waals surface area contributed by atoms with Gasteiger partial charge in [-0.3, -0.25) is 15.1 Å².